The number of para-hydroxylation sites is 1. The summed E-state index contributed by atoms with van der Waals surface area (Å²) >= 11 is 0. The average Bonchev–Trinajstić information content (AvgIpc) is 2.92. The summed E-state index contributed by atoms with van der Waals surface area (Å²) in [7, 11) is 0. The normalized spacial score (nSPS) is 30.6. The molecule has 2 aliphatic carbocycles. The summed E-state index contributed by atoms with van der Waals surface area (Å²) in [5.74, 6) is 2.19. The third-order valence-electron chi connectivity index (χ3n) is 6.43. The van der Waals surface area contributed by atoms with Gasteiger partial charge in [-0.1, -0.05) is 12.1 Å². The highest BCUT2D eigenvalue weighted by atomic mass is 16.6. The minimum Gasteiger partial charge on any atom is -0.345 e. The van der Waals surface area contributed by atoms with Crippen molar-refractivity contribution in [2.45, 2.75) is 38.1 Å². The zero-order valence-electron chi connectivity index (χ0n) is 14.0. The lowest BCUT2D eigenvalue weighted by molar-refractivity contribution is -0.383. The third-order valence-corrected chi connectivity index (χ3v) is 6.43. The molecule has 1 aromatic heterocycles. The number of H-pyrrole nitrogens is 1. The van der Waals surface area contributed by atoms with Gasteiger partial charge in [-0.3, -0.25) is 14.9 Å². The van der Waals surface area contributed by atoms with Crippen LogP contribution in [0.5, 0.6) is 0 Å². The molecular weight excluding hydrogens is 318 g/mol. The number of aromatic nitrogens is 1. The average molecular weight is 339 g/mol. The molecule has 25 heavy (non-hydrogen) atoms. The minimum absolute atomic E-state index is 0.00342. The quantitative estimate of drug-likeness (QED) is 0.669. The van der Waals surface area contributed by atoms with E-state index in [4.69, 9.17) is 0 Å². The predicted octanol–water partition coefficient (Wildman–Crippen LogP) is 3.73. The Morgan fingerprint density at radius 3 is 2.56 bits per heavy atom. The zero-order chi connectivity index (χ0) is 17.1. The van der Waals surface area contributed by atoms with Crippen molar-refractivity contribution in [3.63, 3.8) is 0 Å². The Morgan fingerprint density at radius 1 is 1.12 bits per heavy atom. The van der Waals surface area contributed by atoms with Crippen LogP contribution in [0.25, 0.3) is 10.9 Å². The number of nitro benzene ring substituents is 1. The van der Waals surface area contributed by atoms with Gasteiger partial charge in [-0.05, 0) is 55.9 Å². The lowest BCUT2D eigenvalue weighted by Crippen LogP contribution is -2.42. The first-order chi connectivity index (χ1) is 12.1. The van der Waals surface area contributed by atoms with Crippen LogP contribution < -0.4 is 0 Å². The van der Waals surface area contributed by atoms with E-state index in [0.717, 1.165) is 36.6 Å². The Labute approximate surface area is 145 Å². The SMILES string of the molecule is O=C(c1cc2cccc([N+](=O)[O-])c2[nH]1)N1CC2CC3CC(C2)CC1C3. The van der Waals surface area contributed by atoms with Gasteiger partial charge in [-0.15, -0.1) is 0 Å². The summed E-state index contributed by atoms with van der Waals surface area (Å²) in [6.07, 6.45) is 6.11. The van der Waals surface area contributed by atoms with Crippen molar-refractivity contribution in [2.24, 2.45) is 17.8 Å². The summed E-state index contributed by atoms with van der Waals surface area (Å²) in [4.78, 5) is 29.1. The van der Waals surface area contributed by atoms with Crippen LogP contribution in [0.2, 0.25) is 0 Å². The molecule has 1 aromatic carbocycles. The van der Waals surface area contributed by atoms with Crippen molar-refractivity contribution in [3.8, 4) is 0 Å². The van der Waals surface area contributed by atoms with E-state index in [0.29, 0.717) is 23.2 Å². The molecule has 130 valence electrons. The van der Waals surface area contributed by atoms with E-state index in [1.165, 1.54) is 25.3 Å². The van der Waals surface area contributed by atoms with Gasteiger partial charge in [0.25, 0.3) is 11.6 Å². The summed E-state index contributed by atoms with van der Waals surface area (Å²) in [5, 5.41) is 11.9. The first-order valence-corrected chi connectivity index (χ1v) is 9.15. The predicted molar refractivity (Wildman–Crippen MR) is 93.3 cm³/mol. The molecule has 3 heterocycles. The summed E-state index contributed by atoms with van der Waals surface area (Å²) < 4.78 is 0. The van der Waals surface area contributed by atoms with Crippen LogP contribution >= 0.6 is 0 Å². The second-order valence-electron chi connectivity index (χ2n) is 8.07. The van der Waals surface area contributed by atoms with E-state index in [2.05, 4.69) is 9.88 Å². The largest absolute Gasteiger partial charge is 0.345 e. The van der Waals surface area contributed by atoms with Gasteiger partial charge in [-0.25, -0.2) is 0 Å². The first kappa shape index (κ1) is 14.9. The Kier molecular flexibility index (Phi) is 3.17. The fourth-order valence-electron chi connectivity index (χ4n) is 5.60. The van der Waals surface area contributed by atoms with Gasteiger partial charge in [-0.2, -0.15) is 0 Å². The maximum Gasteiger partial charge on any atom is 0.293 e. The molecule has 2 aromatic rings. The van der Waals surface area contributed by atoms with Gasteiger partial charge in [0.05, 0.1) is 4.92 Å². The molecule has 2 saturated carbocycles. The molecule has 6 nitrogen and oxygen atoms in total. The number of hydrogen-bond acceptors (Lipinski definition) is 3. The molecular formula is C19H21N3O3. The van der Waals surface area contributed by atoms with E-state index >= 15 is 0 Å². The maximum atomic E-state index is 13.2. The van der Waals surface area contributed by atoms with Crippen LogP contribution in [-0.4, -0.2) is 33.3 Å². The second-order valence-corrected chi connectivity index (χ2v) is 8.07. The second kappa shape index (κ2) is 5.31. The highest BCUT2D eigenvalue weighted by Crippen LogP contribution is 2.47. The van der Waals surface area contributed by atoms with E-state index in [1.807, 2.05) is 6.07 Å². The third kappa shape index (κ3) is 2.34. The number of carbonyl (C=O) groups excluding carboxylic acids is 1. The topological polar surface area (TPSA) is 79.2 Å². The lowest BCUT2D eigenvalue weighted by atomic mass is 9.68. The number of carbonyl (C=O) groups is 1. The number of nitro groups is 1. The number of benzene rings is 1. The Morgan fingerprint density at radius 2 is 1.84 bits per heavy atom. The molecule has 1 N–H and O–H groups in total. The number of rotatable bonds is 2. The molecule has 4 fully saturated rings. The smallest absolute Gasteiger partial charge is 0.293 e. The van der Waals surface area contributed by atoms with E-state index in [9.17, 15) is 14.9 Å². The van der Waals surface area contributed by atoms with Gasteiger partial charge >= 0.3 is 0 Å². The summed E-state index contributed by atoms with van der Waals surface area (Å²) in [5.41, 5.74) is 0.939. The number of aromatic amines is 1. The Hall–Kier alpha value is -2.37. The zero-order valence-corrected chi connectivity index (χ0v) is 14.0. The van der Waals surface area contributed by atoms with Crippen LogP contribution in [0.4, 0.5) is 5.69 Å². The summed E-state index contributed by atoms with van der Waals surface area (Å²) in [6.45, 7) is 0.841. The minimum atomic E-state index is -0.403. The summed E-state index contributed by atoms with van der Waals surface area (Å²) in [6, 6.07) is 7.05. The number of non-ortho nitro benzene ring substituents is 1. The van der Waals surface area contributed by atoms with Crippen molar-refractivity contribution in [3.05, 3.63) is 40.1 Å². The molecule has 2 atom stereocenters. The fraction of sp³-hybridized carbons (Fsp3) is 0.526. The molecule has 1 amide bonds. The highest BCUT2D eigenvalue weighted by Gasteiger charge is 2.44. The molecule has 2 aliphatic heterocycles. The maximum absolute atomic E-state index is 13.2. The molecule has 6 heteroatoms. The van der Waals surface area contributed by atoms with E-state index in [1.54, 1.807) is 12.1 Å². The van der Waals surface area contributed by atoms with Crippen molar-refractivity contribution >= 4 is 22.5 Å². The standard InChI is InChI=1S/C19H21N3O3/c23-19(16-9-14-2-1-3-17(22(24)25)18(14)20-16)21-10-13-5-11-4-12(6-13)8-15(21)7-11/h1-3,9,11-13,15,20H,4-8,10H2. The van der Waals surface area contributed by atoms with Crippen LogP contribution in [0.3, 0.4) is 0 Å². The lowest BCUT2D eigenvalue weighted by Gasteiger charge is -2.38. The molecule has 2 saturated heterocycles. The van der Waals surface area contributed by atoms with Crippen LogP contribution in [0.1, 0.15) is 42.6 Å². The molecule has 0 radical (unpaired) electrons. The van der Waals surface area contributed by atoms with Crippen molar-refractivity contribution < 1.29 is 9.72 Å². The van der Waals surface area contributed by atoms with Crippen LogP contribution in [-0.2, 0) is 0 Å². The molecule has 6 rings (SSSR count). The number of fused-ring (bicyclic) bond motifs is 2. The Bertz CT molecular complexity index is 860. The fourth-order valence-corrected chi connectivity index (χ4v) is 5.60. The Balaban J connectivity index is 1.51. The van der Waals surface area contributed by atoms with Crippen LogP contribution in [0, 0.1) is 27.9 Å². The van der Waals surface area contributed by atoms with E-state index in [-0.39, 0.29) is 11.6 Å². The van der Waals surface area contributed by atoms with E-state index < -0.39 is 4.92 Å². The van der Waals surface area contributed by atoms with Gasteiger partial charge in [0.1, 0.15) is 11.2 Å². The van der Waals surface area contributed by atoms with Gasteiger partial charge in [0.2, 0.25) is 0 Å². The molecule has 4 aliphatic rings. The molecule has 2 unspecified atom stereocenters. The molecule has 4 bridgehead atoms. The van der Waals surface area contributed by atoms with Crippen molar-refractivity contribution in [1.82, 2.24) is 9.88 Å². The highest BCUT2D eigenvalue weighted by molar-refractivity contribution is 6.00. The number of amides is 1. The van der Waals surface area contributed by atoms with Crippen LogP contribution in [0.15, 0.2) is 24.3 Å². The van der Waals surface area contributed by atoms with Crippen molar-refractivity contribution in [1.29, 1.82) is 0 Å². The number of nitrogens with zero attached hydrogens (tertiary/aromatic N) is 2. The molecule has 0 spiro atoms. The van der Waals surface area contributed by atoms with Crippen molar-refractivity contribution in [2.75, 3.05) is 6.54 Å². The van der Waals surface area contributed by atoms with Gasteiger partial charge in [0.15, 0.2) is 0 Å². The number of hydrogen-bond donors (Lipinski definition) is 1. The monoisotopic (exact) mass is 339 g/mol. The first-order valence-electron chi connectivity index (χ1n) is 9.15. The van der Waals surface area contributed by atoms with Gasteiger partial charge < -0.3 is 9.88 Å². The van der Waals surface area contributed by atoms with Gasteiger partial charge in [0, 0.05) is 24.0 Å². The number of nitrogens with one attached hydrogen (secondary N) is 1.